The lowest BCUT2D eigenvalue weighted by Crippen LogP contribution is -2.45. The molecule has 0 amide bonds. The molecule has 0 aliphatic carbocycles. The summed E-state index contributed by atoms with van der Waals surface area (Å²) in [5, 5.41) is 3.39. The van der Waals surface area contributed by atoms with E-state index < -0.39 is 0 Å². The molecule has 0 saturated carbocycles. The van der Waals surface area contributed by atoms with Crippen LogP contribution < -0.4 is 5.32 Å². The van der Waals surface area contributed by atoms with E-state index in [0.29, 0.717) is 6.04 Å². The topological polar surface area (TPSA) is 15.3 Å². The van der Waals surface area contributed by atoms with Crippen molar-refractivity contribution >= 4 is 28.3 Å². The number of halogens is 3. The van der Waals surface area contributed by atoms with Gasteiger partial charge in [0.2, 0.25) is 0 Å². The average molecular weight is 380 g/mol. The normalized spacial score (nSPS) is 17.3. The lowest BCUT2D eigenvalue weighted by Gasteiger charge is -2.36. The van der Waals surface area contributed by atoms with Crippen molar-refractivity contribution in [2.24, 2.45) is 0 Å². The van der Waals surface area contributed by atoms with Crippen LogP contribution in [0, 0.1) is 5.82 Å². The van der Waals surface area contributed by atoms with E-state index in [2.05, 4.69) is 33.1 Å². The smallest absolute Gasteiger partial charge is 0.123 e. The van der Waals surface area contributed by atoms with Crippen molar-refractivity contribution in [2.45, 2.75) is 38.6 Å². The second-order valence-electron chi connectivity index (χ2n) is 5.46. The van der Waals surface area contributed by atoms with Crippen LogP contribution in [0.15, 0.2) is 22.7 Å². The number of nitrogens with one attached hydrogen (secondary N) is 1. The molecule has 1 aromatic rings. The fraction of sp³-hybridized carbons (Fsp3) is 0.625. The van der Waals surface area contributed by atoms with Gasteiger partial charge in [-0.1, -0.05) is 42.1 Å². The molecule has 0 unspecified atom stereocenters. The van der Waals surface area contributed by atoms with E-state index >= 15 is 0 Å². The molecule has 1 aromatic carbocycles. The fourth-order valence-corrected chi connectivity index (χ4v) is 3.40. The highest BCUT2D eigenvalue weighted by atomic mass is 79.9. The molecule has 2 rings (SSSR count). The van der Waals surface area contributed by atoms with Gasteiger partial charge in [-0.25, -0.2) is 4.39 Å². The lowest BCUT2D eigenvalue weighted by molar-refractivity contribution is 0.162. The molecule has 120 valence electrons. The number of piperazine rings is 1. The van der Waals surface area contributed by atoms with E-state index in [9.17, 15) is 4.39 Å². The van der Waals surface area contributed by atoms with Crippen LogP contribution in [0.3, 0.4) is 0 Å². The number of rotatable bonds is 6. The molecule has 1 atom stereocenters. The quantitative estimate of drug-likeness (QED) is 0.730. The van der Waals surface area contributed by atoms with Gasteiger partial charge in [0.05, 0.1) is 0 Å². The molecule has 1 aliphatic heterocycles. The van der Waals surface area contributed by atoms with Crippen molar-refractivity contribution in [3.05, 3.63) is 34.1 Å². The maximum atomic E-state index is 13.6. The van der Waals surface area contributed by atoms with Gasteiger partial charge >= 0.3 is 0 Å². The zero-order valence-corrected chi connectivity index (χ0v) is 15.0. The van der Waals surface area contributed by atoms with Crippen molar-refractivity contribution in [1.82, 2.24) is 10.2 Å². The predicted octanol–water partition coefficient (Wildman–Crippen LogP) is 4.54. The highest BCUT2D eigenvalue weighted by molar-refractivity contribution is 9.10. The molecule has 0 bridgehead atoms. The number of benzene rings is 1. The van der Waals surface area contributed by atoms with Crippen molar-refractivity contribution < 1.29 is 4.39 Å². The Hall–Kier alpha value is -0.160. The third-order valence-electron chi connectivity index (χ3n) is 3.99. The van der Waals surface area contributed by atoms with Crippen LogP contribution in [0.25, 0.3) is 0 Å². The van der Waals surface area contributed by atoms with Crippen LogP contribution in [-0.2, 0) is 0 Å². The summed E-state index contributed by atoms with van der Waals surface area (Å²) in [6.45, 7) is 6.35. The molecule has 1 aliphatic rings. The summed E-state index contributed by atoms with van der Waals surface area (Å²) in [6.07, 6.45) is 4.78. The minimum Gasteiger partial charge on any atom is -0.314 e. The van der Waals surface area contributed by atoms with Gasteiger partial charge in [0.25, 0.3) is 0 Å². The predicted molar refractivity (Wildman–Crippen MR) is 92.7 cm³/mol. The van der Waals surface area contributed by atoms with Crippen LogP contribution in [0.4, 0.5) is 4.39 Å². The molecular formula is C16H25BrClFN2. The van der Waals surface area contributed by atoms with Gasteiger partial charge in [-0.15, -0.1) is 12.4 Å². The van der Waals surface area contributed by atoms with E-state index in [1.807, 2.05) is 6.07 Å². The van der Waals surface area contributed by atoms with Crippen molar-refractivity contribution in [1.29, 1.82) is 0 Å². The van der Waals surface area contributed by atoms with Gasteiger partial charge in [-0.3, -0.25) is 4.90 Å². The summed E-state index contributed by atoms with van der Waals surface area (Å²) in [5.41, 5.74) is 1.10. The minimum atomic E-state index is -0.140. The molecule has 1 heterocycles. The van der Waals surface area contributed by atoms with Crippen LogP contribution >= 0.6 is 28.3 Å². The van der Waals surface area contributed by atoms with Gasteiger partial charge < -0.3 is 5.32 Å². The van der Waals surface area contributed by atoms with E-state index in [4.69, 9.17) is 0 Å². The molecule has 1 fully saturated rings. The number of hydrogen-bond acceptors (Lipinski definition) is 2. The van der Waals surface area contributed by atoms with Crippen LogP contribution in [0.1, 0.15) is 44.2 Å². The largest absolute Gasteiger partial charge is 0.314 e. The zero-order valence-electron chi connectivity index (χ0n) is 12.6. The monoisotopic (exact) mass is 378 g/mol. The Balaban J connectivity index is 0.00000220. The van der Waals surface area contributed by atoms with E-state index in [-0.39, 0.29) is 18.2 Å². The molecule has 0 radical (unpaired) electrons. The molecule has 0 spiro atoms. The van der Waals surface area contributed by atoms with Gasteiger partial charge in [0.15, 0.2) is 0 Å². The van der Waals surface area contributed by atoms with Gasteiger partial charge in [-0.2, -0.15) is 0 Å². The summed E-state index contributed by atoms with van der Waals surface area (Å²) in [6, 6.07) is 5.38. The Bertz CT molecular complexity index is 425. The molecule has 1 saturated heterocycles. The van der Waals surface area contributed by atoms with Crippen LogP contribution in [-0.4, -0.2) is 31.1 Å². The molecule has 21 heavy (non-hydrogen) atoms. The Morgan fingerprint density at radius 2 is 2.00 bits per heavy atom. The molecule has 1 N–H and O–H groups in total. The summed E-state index contributed by atoms with van der Waals surface area (Å²) in [5.74, 6) is -0.140. The molecule has 2 nitrogen and oxygen atoms in total. The van der Waals surface area contributed by atoms with Gasteiger partial charge in [-0.05, 0) is 30.2 Å². The van der Waals surface area contributed by atoms with Crippen LogP contribution in [0.2, 0.25) is 0 Å². The first-order valence-electron chi connectivity index (χ1n) is 7.62. The van der Waals surface area contributed by atoms with Crippen LogP contribution in [0.5, 0.6) is 0 Å². The number of hydrogen-bond donors (Lipinski definition) is 1. The Kier molecular flexibility index (Phi) is 8.79. The summed E-state index contributed by atoms with van der Waals surface area (Å²) in [4.78, 5) is 2.49. The first-order valence-corrected chi connectivity index (χ1v) is 8.41. The molecule has 5 heteroatoms. The van der Waals surface area contributed by atoms with E-state index in [1.54, 1.807) is 6.07 Å². The standard InChI is InChI=1S/C16H24BrFN2.ClH/c1-2-3-4-5-16(20-10-8-19-9-11-20)14-12-13(18)6-7-15(14)17;/h6-7,12,16,19H,2-5,8-11H2,1H3;1H/t16-;/m1./s1. The van der Waals surface area contributed by atoms with Crippen molar-refractivity contribution in [2.75, 3.05) is 26.2 Å². The first kappa shape index (κ1) is 18.9. The SMILES string of the molecule is CCCCC[C@H](c1cc(F)ccc1Br)N1CCNCC1.Cl. The summed E-state index contributed by atoms with van der Waals surface area (Å²) >= 11 is 3.60. The van der Waals surface area contributed by atoms with Crippen molar-refractivity contribution in [3.8, 4) is 0 Å². The Morgan fingerprint density at radius 3 is 2.67 bits per heavy atom. The third-order valence-corrected chi connectivity index (χ3v) is 4.71. The molecular weight excluding hydrogens is 355 g/mol. The minimum absolute atomic E-state index is 0. The number of unbranched alkanes of at least 4 members (excludes halogenated alkanes) is 2. The zero-order chi connectivity index (χ0) is 14.4. The second-order valence-corrected chi connectivity index (χ2v) is 6.32. The fourth-order valence-electron chi connectivity index (χ4n) is 2.89. The summed E-state index contributed by atoms with van der Waals surface area (Å²) < 4.78 is 14.6. The summed E-state index contributed by atoms with van der Waals surface area (Å²) in [7, 11) is 0. The first-order chi connectivity index (χ1) is 9.72. The van der Waals surface area contributed by atoms with E-state index in [1.165, 1.54) is 25.3 Å². The third kappa shape index (κ3) is 5.51. The Morgan fingerprint density at radius 1 is 1.29 bits per heavy atom. The molecule has 0 aromatic heterocycles. The highest BCUT2D eigenvalue weighted by Gasteiger charge is 2.23. The maximum absolute atomic E-state index is 13.6. The van der Waals surface area contributed by atoms with E-state index in [0.717, 1.165) is 42.6 Å². The average Bonchev–Trinajstić information content (AvgIpc) is 2.48. The maximum Gasteiger partial charge on any atom is 0.123 e. The van der Waals surface area contributed by atoms with Crippen molar-refractivity contribution in [3.63, 3.8) is 0 Å². The van der Waals surface area contributed by atoms with Gasteiger partial charge in [0, 0.05) is 36.7 Å². The van der Waals surface area contributed by atoms with Gasteiger partial charge in [0.1, 0.15) is 5.82 Å². The number of nitrogens with zero attached hydrogens (tertiary/aromatic N) is 1. The Labute approximate surface area is 142 Å². The second kappa shape index (κ2) is 9.78. The highest BCUT2D eigenvalue weighted by Crippen LogP contribution is 2.32. The lowest BCUT2D eigenvalue weighted by atomic mass is 9.98.